The van der Waals surface area contributed by atoms with Gasteiger partial charge >= 0.3 is 0 Å². The number of hydrogen-bond donors (Lipinski definition) is 0. The summed E-state index contributed by atoms with van der Waals surface area (Å²) < 4.78 is 12.6. The van der Waals surface area contributed by atoms with Gasteiger partial charge in [-0.3, -0.25) is 0 Å². The molecule has 0 spiro atoms. The summed E-state index contributed by atoms with van der Waals surface area (Å²) in [6.45, 7) is 0. The van der Waals surface area contributed by atoms with Crippen LogP contribution in [0.5, 0.6) is 0 Å². The van der Waals surface area contributed by atoms with E-state index in [-0.39, 0.29) is 0 Å². The van der Waals surface area contributed by atoms with Gasteiger partial charge < -0.3 is 13.7 Å². The van der Waals surface area contributed by atoms with Crippen molar-refractivity contribution in [2.24, 2.45) is 0 Å². The maximum Gasteiger partial charge on any atom is 0.227 e. The molecular formula is C47H30N2O2. The van der Waals surface area contributed by atoms with E-state index in [9.17, 15) is 0 Å². The van der Waals surface area contributed by atoms with Crippen molar-refractivity contribution in [3.05, 3.63) is 182 Å². The fourth-order valence-electron chi connectivity index (χ4n) is 7.23. The van der Waals surface area contributed by atoms with Gasteiger partial charge in [-0.25, -0.2) is 4.98 Å². The highest BCUT2D eigenvalue weighted by molar-refractivity contribution is 6.17. The molecule has 0 aliphatic rings. The Balaban J connectivity index is 1.13. The second kappa shape index (κ2) is 11.9. The molecule has 10 aromatic rings. The van der Waals surface area contributed by atoms with E-state index in [1.54, 1.807) is 0 Å². The van der Waals surface area contributed by atoms with Gasteiger partial charge in [-0.1, -0.05) is 115 Å². The molecule has 0 unspecified atom stereocenters. The third kappa shape index (κ3) is 5.04. The van der Waals surface area contributed by atoms with Gasteiger partial charge in [0.05, 0.1) is 5.39 Å². The zero-order valence-corrected chi connectivity index (χ0v) is 27.5. The summed E-state index contributed by atoms with van der Waals surface area (Å²) in [7, 11) is 0. The zero-order valence-electron chi connectivity index (χ0n) is 27.5. The Bertz CT molecular complexity index is 2830. The monoisotopic (exact) mass is 654 g/mol. The van der Waals surface area contributed by atoms with E-state index in [2.05, 4.69) is 138 Å². The summed E-state index contributed by atoms with van der Waals surface area (Å²) in [5.74, 6) is 0.593. The SMILES string of the molecule is c1ccc(-c2ccc(N(c3ccc(-c4cccc5ccccc45)cc3)c3ccc4oc5ccc6oc(-c7ccccc7)nc6c5c4c3)cc2)cc1. The largest absolute Gasteiger partial charge is 0.456 e. The van der Waals surface area contributed by atoms with E-state index in [0.717, 1.165) is 55.7 Å². The van der Waals surface area contributed by atoms with Crippen LogP contribution in [0.25, 0.3) is 77.5 Å². The van der Waals surface area contributed by atoms with Crippen LogP contribution in [0.3, 0.4) is 0 Å². The first-order valence-electron chi connectivity index (χ1n) is 17.1. The van der Waals surface area contributed by atoms with Crippen LogP contribution in [-0.2, 0) is 0 Å². The van der Waals surface area contributed by atoms with Crippen molar-refractivity contribution < 1.29 is 8.83 Å². The van der Waals surface area contributed by atoms with Crippen molar-refractivity contribution in [1.29, 1.82) is 0 Å². The van der Waals surface area contributed by atoms with Crippen molar-refractivity contribution in [1.82, 2.24) is 4.98 Å². The number of benzene rings is 8. The summed E-state index contributed by atoms with van der Waals surface area (Å²) in [4.78, 5) is 7.29. The Morgan fingerprint density at radius 1 is 0.392 bits per heavy atom. The van der Waals surface area contributed by atoms with Gasteiger partial charge in [0.2, 0.25) is 5.89 Å². The molecule has 4 heteroatoms. The lowest BCUT2D eigenvalue weighted by Crippen LogP contribution is -2.09. The first-order chi connectivity index (χ1) is 25.3. The fraction of sp³-hybridized carbons (Fsp3) is 0. The minimum atomic E-state index is 0.593. The highest BCUT2D eigenvalue weighted by atomic mass is 16.4. The number of oxazole rings is 1. The third-order valence-electron chi connectivity index (χ3n) is 9.71. The first-order valence-corrected chi connectivity index (χ1v) is 17.1. The molecule has 0 aliphatic heterocycles. The highest BCUT2D eigenvalue weighted by Crippen LogP contribution is 2.42. The van der Waals surface area contributed by atoms with Gasteiger partial charge in [0.25, 0.3) is 0 Å². The number of aromatic nitrogens is 1. The highest BCUT2D eigenvalue weighted by Gasteiger charge is 2.20. The topological polar surface area (TPSA) is 42.4 Å². The number of nitrogens with zero attached hydrogens (tertiary/aromatic N) is 2. The molecule has 0 saturated carbocycles. The second-order valence-electron chi connectivity index (χ2n) is 12.8. The van der Waals surface area contributed by atoms with Crippen molar-refractivity contribution in [2.45, 2.75) is 0 Å². The molecule has 51 heavy (non-hydrogen) atoms. The molecule has 0 bridgehead atoms. The molecule has 0 saturated heterocycles. The molecule has 0 N–H and O–H groups in total. The van der Waals surface area contributed by atoms with E-state index < -0.39 is 0 Å². The standard InChI is InChI=1S/C47H30N2O2/c1-3-10-31(11-4-1)32-18-22-36(23-19-32)49(37-24-20-34(21-25-37)40-17-9-15-33-12-7-8-16-39(33)40)38-26-27-42-41(30-38)45-43(50-42)28-29-44-46(45)48-47(51-44)35-13-5-2-6-14-35/h1-30H. The Hall–Kier alpha value is -6.91. The van der Waals surface area contributed by atoms with Gasteiger partial charge in [-0.05, 0) is 99.8 Å². The van der Waals surface area contributed by atoms with Crippen LogP contribution in [0, 0.1) is 0 Å². The molecule has 10 rings (SSSR count). The lowest BCUT2D eigenvalue weighted by molar-refractivity contribution is 0.619. The Labute approximate surface area is 294 Å². The summed E-state index contributed by atoms with van der Waals surface area (Å²) in [5, 5.41) is 4.41. The third-order valence-corrected chi connectivity index (χ3v) is 9.71. The van der Waals surface area contributed by atoms with Crippen molar-refractivity contribution >= 4 is 60.9 Å². The van der Waals surface area contributed by atoms with Crippen molar-refractivity contribution in [2.75, 3.05) is 4.90 Å². The molecule has 240 valence electrons. The Morgan fingerprint density at radius 3 is 1.75 bits per heavy atom. The average Bonchev–Trinajstić information content (AvgIpc) is 3.81. The van der Waals surface area contributed by atoms with Gasteiger partial charge in [0.1, 0.15) is 16.7 Å². The smallest absolute Gasteiger partial charge is 0.227 e. The maximum atomic E-state index is 6.39. The maximum absolute atomic E-state index is 6.39. The molecule has 0 fully saturated rings. The van der Waals surface area contributed by atoms with Gasteiger partial charge in [-0.2, -0.15) is 0 Å². The molecule has 0 amide bonds. The average molecular weight is 655 g/mol. The quantitative estimate of drug-likeness (QED) is 0.179. The number of furan rings is 1. The summed E-state index contributed by atoms with van der Waals surface area (Å²) in [6, 6.07) is 63.5. The lowest BCUT2D eigenvalue weighted by atomic mass is 9.98. The van der Waals surface area contributed by atoms with Crippen LogP contribution in [0.15, 0.2) is 191 Å². The number of rotatable bonds is 6. The minimum Gasteiger partial charge on any atom is -0.456 e. The van der Waals surface area contributed by atoms with Crippen LogP contribution < -0.4 is 4.90 Å². The molecule has 0 atom stereocenters. The molecule has 8 aromatic carbocycles. The zero-order chi connectivity index (χ0) is 33.7. The van der Waals surface area contributed by atoms with Crippen LogP contribution >= 0.6 is 0 Å². The normalized spacial score (nSPS) is 11.5. The number of fused-ring (bicyclic) bond motifs is 6. The lowest BCUT2D eigenvalue weighted by Gasteiger charge is -2.26. The van der Waals surface area contributed by atoms with Crippen molar-refractivity contribution in [3.63, 3.8) is 0 Å². The Kier molecular flexibility index (Phi) is 6.78. The van der Waals surface area contributed by atoms with E-state index in [4.69, 9.17) is 13.8 Å². The molecule has 2 heterocycles. The molecular weight excluding hydrogens is 625 g/mol. The van der Waals surface area contributed by atoms with Crippen LogP contribution in [0.2, 0.25) is 0 Å². The molecule has 0 aliphatic carbocycles. The van der Waals surface area contributed by atoms with Crippen molar-refractivity contribution in [3.8, 4) is 33.7 Å². The second-order valence-corrected chi connectivity index (χ2v) is 12.8. The van der Waals surface area contributed by atoms with E-state index >= 15 is 0 Å². The van der Waals surface area contributed by atoms with E-state index in [1.807, 2.05) is 48.5 Å². The fourth-order valence-corrected chi connectivity index (χ4v) is 7.23. The predicted octanol–water partition coefficient (Wildman–Crippen LogP) is 13.4. The van der Waals surface area contributed by atoms with Crippen LogP contribution in [0.4, 0.5) is 17.1 Å². The molecule has 0 radical (unpaired) electrons. The summed E-state index contributed by atoms with van der Waals surface area (Å²) in [6.07, 6.45) is 0. The molecule has 4 nitrogen and oxygen atoms in total. The minimum absolute atomic E-state index is 0.593. The van der Waals surface area contributed by atoms with Gasteiger partial charge in [0.15, 0.2) is 5.58 Å². The van der Waals surface area contributed by atoms with Gasteiger partial charge in [0, 0.05) is 28.0 Å². The van der Waals surface area contributed by atoms with E-state index in [1.165, 1.54) is 33.0 Å². The van der Waals surface area contributed by atoms with E-state index in [0.29, 0.717) is 5.89 Å². The number of hydrogen-bond acceptors (Lipinski definition) is 4. The molecule has 2 aromatic heterocycles. The first kappa shape index (κ1) is 29.0. The predicted molar refractivity (Wildman–Crippen MR) is 210 cm³/mol. The van der Waals surface area contributed by atoms with Gasteiger partial charge in [-0.15, -0.1) is 0 Å². The van der Waals surface area contributed by atoms with Crippen LogP contribution in [0.1, 0.15) is 0 Å². The summed E-state index contributed by atoms with van der Waals surface area (Å²) >= 11 is 0. The Morgan fingerprint density at radius 2 is 0.980 bits per heavy atom. The van der Waals surface area contributed by atoms with Crippen LogP contribution in [-0.4, -0.2) is 4.98 Å². The number of anilines is 3. The summed E-state index contributed by atoms with van der Waals surface area (Å²) in [5.41, 5.74) is 11.9.